The van der Waals surface area contributed by atoms with Crippen molar-refractivity contribution in [2.24, 2.45) is 0 Å². The maximum absolute atomic E-state index is 12.2. The maximum atomic E-state index is 12.2. The lowest BCUT2D eigenvalue weighted by atomic mass is 9.99. The molecule has 1 heterocycles. The van der Waals surface area contributed by atoms with Crippen LogP contribution in [0.2, 0.25) is 0 Å². The summed E-state index contributed by atoms with van der Waals surface area (Å²) in [4.78, 5) is 12.2. The standard InChI is InChI=1S/C27H34O10/c1-4-5-6-17-11-15(2)26(20(13-17)34-3)37-27-25(33)24(32)23(31)21(36-27)14-35-22(30)10-8-16-7-9-18(28)19(29)12-16/h7-13,21,23-25,27-29,31-33H,4-6,14H2,1-3H3/b10-8+/t21?,23-,24+,25?,27+/m1/s1. The molecule has 0 aromatic heterocycles. The number of hydrogen-bond donors (Lipinski definition) is 5. The quantitative estimate of drug-likeness (QED) is 0.180. The molecule has 10 heteroatoms. The lowest BCUT2D eigenvalue weighted by Crippen LogP contribution is -2.60. The zero-order valence-corrected chi connectivity index (χ0v) is 21.0. The second kappa shape index (κ2) is 12.8. The molecule has 0 bridgehead atoms. The van der Waals surface area contributed by atoms with E-state index >= 15 is 0 Å². The average molecular weight is 519 g/mol. The van der Waals surface area contributed by atoms with Gasteiger partial charge in [0, 0.05) is 6.08 Å². The molecule has 0 saturated carbocycles. The molecule has 0 spiro atoms. The predicted molar refractivity (Wildman–Crippen MR) is 133 cm³/mol. The number of phenolic OH excluding ortho intramolecular Hbond substituents is 2. The van der Waals surface area contributed by atoms with Gasteiger partial charge in [-0.2, -0.15) is 0 Å². The molecule has 3 rings (SSSR count). The van der Waals surface area contributed by atoms with Gasteiger partial charge in [0.05, 0.1) is 7.11 Å². The SMILES string of the molecule is CCCCc1cc(C)c(O[C@@H]2OC(COC(=O)/C=C/c3ccc(O)c(O)c3)[C@@H](O)[C@H](O)C2O)c(OC)c1. The molecular weight excluding hydrogens is 484 g/mol. The van der Waals surface area contributed by atoms with Crippen molar-refractivity contribution in [2.75, 3.05) is 13.7 Å². The van der Waals surface area contributed by atoms with Gasteiger partial charge in [0.15, 0.2) is 23.0 Å². The fourth-order valence-corrected chi connectivity index (χ4v) is 3.93. The molecule has 1 saturated heterocycles. The number of phenols is 2. The third-order valence-electron chi connectivity index (χ3n) is 6.04. The van der Waals surface area contributed by atoms with Gasteiger partial charge in [0.1, 0.15) is 31.0 Å². The monoisotopic (exact) mass is 518 g/mol. The number of aliphatic hydroxyl groups excluding tert-OH is 3. The highest BCUT2D eigenvalue weighted by molar-refractivity contribution is 5.87. The number of methoxy groups -OCH3 is 1. The van der Waals surface area contributed by atoms with Crippen molar-refractivity contribution in [3.63, 3.8) is 0 Å². The molecule has 0 amide bonds. The van der Waals surface area contributed by atoms with Gasteiger partial charge in [0.2, 0.25) is 6.29 Å². The number of esters is 1. The Morgan fingerprint density at radius 1 is 1.05 bits per heavy atom. The summed E-state index contributed by atoms with van der Waals surface area (Å²) >= 11 is 0. The van der Waals surface area contributed by atoms with E-state index in [1.165, 1.54) is 31.4 Å². The van der Waals surface area contributed by atoms with Gasteiger partial charge < -0.3 is 44.5 Å². The number of carbonyl (C=O) groups excluding carboxylic acids is 1. The predicted octanol–water partition coefficient (Wildman–Crippen LogP) is 2.20. The molecule has 2 unspecified atom stereocenters. The summed E-state index contributed by atoms with van der Waals surface area (Å²) in [5.41, 5.74) is 2.26. The first-order chi connectivity index (χ1) is 17.6. The normalized spacial score (nSPS) is 23.7. The van der Waals surface area contributed by atoms with E-state index in [1.807, 2.05) is 19.1 Å². The van der Waals surface area contributed by atoms with E-state index < -0.39 is 43.3 Å². The van der Waals surface area contributed by atoms with Crippen molar-refractivity contribution in [1.82, 2.24) is 0 Å². The van der Waals surface area contributed by atoms with E-state index in [9.17, 15) is 30.3 Å². The Labute approximate surface area is 215 Å². The van der Waals surface area contributed by atoms with E-state index in [1.54, 1.807) is 0 Å². The highest BCUT2D eigenvalue weighted by Crippen LogP contribution is 2.36. The molecule has 5 N–H and O–H groups in total. The minimum atomic E-state index is -1.62. The van der Waals surface area contributed by atoms with Crippen LogP contribution in [0.15, 0.2) is 36.4 Å². The Hall–Kier alpha value is -3.31. The molecule has 0 radical (unpaired) electrons. The largest absolute Gasteiger partial charge is 0.504 e. The number of unbranched alkanes of at least 4 members (excludes halogenated alkanes) is 1. The van der Waals surface area contributed by atoms with Gasteiger partial charge in [0.25, 0.3) is 0 Å². The topological polar surface area (TPSA) is 155 Å². The zero-order chi connectivity index (χ0) is 27.1. The van der Waals surface area contributed by atoms with Crippen LogP contribution in [0, 0.1) is 6.92 Å². The Bertz CT molecular complexity index is 1100. The van der Waals surface area contributed by atoms with E-state index in [0.29, 0.717) is 17.1 Å². The molecule has 5 atom stereocenters. The summed E-state index contributed by atoms with van der Waals surface area (Å²) in [5.74, 6) is -0.639. The molecule has 1 aliphatic heterocycles. The van der Waals surface area contributed by atoms with Gasteiger partial charge in [-0.25, -0.2) is 4.79 Å². The third-order valence-corrected chi connectivity index (χ3v) is 6.04. The smallest absolute Gasteiger partial charge is 0.330 e. The number of hydrogen-bond acceptors (Lipinski definition) is 10. The van der Waals surface area contributed by atoms with Crippen LogP contribution in [-0.2, 0) is 20.7 Å². The molecule has 0 aliphatic carbocycles. The fraction of sp³-hybridized carbons (Fsp3) is 0.444. The summed E-state index contributed by atoms with van der Waals surface area (Å²) in [5, 5.41) is 50.1. The number of aryl methyl sites for hydroxylation is 2. The minimum absolute atomic E-state index is 0.291. The number of aromatic hydroxyl groups is 2. The van der Waals surface area contributed by atoms with Crippen LogP contribution in [0.5, 0.6) is 23.0 Å². The summed E-state index contributed by atoms with van der Waals surface area (Å²) in [6.07, 6.45) is -1.90. The second-order valence-electron chi connectivity index (χ2n) is 8.89. The van der Waals surface area contributed by atoms with Crippen LogP contribution >= 0.6 is 0 Å². The molecular formula is C27H34O10. The van der Waals surface area contributed by atoms with E-state index in [-0.39, 0.29) is 11.5 Å². The van der Waals surface area contributed by atoms with Crippen molar-refractivity contribution in [3.8, 4) is 23.0 Å². The highest BCUT2D eigenvalue weighted by Gasteiger charge is 2.45. The van der Waals surface area contributed by atoms with Crippen LogP contribution in [-0.4, -0.2) is 75.9 Å². The van der Waals surface area contributed by atoms with Crippen molar-refractivity contribution < 1.29 is 49.3 Å². The fourth-order valence-electron chi connectivity index (χ4n) is 3.93. The summed E-state index contributed by atoms with van der Waals surface area (Å²) in [6, 6.07) is 7.82. The van der Waals surface area contributed by atoms with Crippen LogP contribution in [0.4, 0.5) is 0 Å². The van der Waals surface area contributed by atoms with Crippen molar-refractivity contribution >= 4 is 12.0 Å². The van der Waals surface area contributed by atoms with Gasteiger partial charge in [-0.1, -0.05) is 25.5 Å². The Balaban J connectivity index is 1.67. The summed E-state index contributed by atoms with van der Waals surface area (Å²) < 4.78 is 22.2. The van der Waals surface area contributed by atoms with Gasteiger partial charge >= 0.3 is 5.97 Å². The molecule has 202 valence electrons. The van der Waals surface area contributed by atoms with Gasteiger partial charge in [-0.05, 0) is 60.7 Å². The molecule has 37 heavy (non-hydrogen) atoms. The Morgan fingerprint density at radius 3 is 2.49 bits per heavy atom. The first-order valence-electron chi connectivity index (χ1n) is 12.0. The first kappa shape index (κ1) is 28.3. The van der Waals surface area contributed by atoms with Crippen LogP contribution in [0.1, 0.15) is 36.5 Å². The molecule has 10 nitrogen and oxygen atoms in total. The summed E-state index contributed by atoms with van der Waals surface area (Å²) in [6.45, 7) is 3.50. The third kappa shape index (κ3) is 7.14. The summed E-state index contributed by atoms with van der Waals surface area (Å²) in [7, 11) is 1.50. The number of rotatable bonds is 10. The average Bonchev–Trinajstić information content (AvgIpc) is 2.88. The lowest BCUT2D eigenvalue weighted by Gasteiger charge is -2.40. The van der Waals surface area contributed by atoms with Crippen molar-refractivity contribution in [1.29, 1.82) is 0 Å². The highest BCUT2D eigenvalue weighted by atomic mass is 16.7. The van der Waals surface area contributed by atoms with Crippen LogP contribution in [0.25, 0.3) is 6.08 Å². The number of ether oxygens (including phenoxy) is 4. The van der Waals surface area contributed by atoms with Crippen LogP contribution < -0.4 is 9.47 Å². The molecule has 1 fully saturated rings. The first-order valence-corrected chi connectivity index (χ1v) is 12.0. The molecule has 2 aromatic carbocycles. The lowest BCUT2D eigenvalue weighted by molar-refractivity contribution is -0.278. The Kier molecular flexibility index (Phi) is 9.76. The van der Waals surface area contributed by atoms with E-state index in [2.05, 4.69) is 6.92 Å². The maximum Gasteiger partial charge on any atom is 0.330 e. The molecule has 2 aromatic rings. The minimum Gasteiger partial charge on any atom is -0.504 e. The van der Waals surface area contributed by atoms with E-state index in [4.69, 9.17) is 18.9 Å². The van der Waals surface area contributed by atoms with Crippen molar-refractivity contribution in [2.45, 2.75) is 63.8 Å². The molecule has 1 aliphatic rings. The van der Waals surface area contributed by atoms with Crippen molar-refractivity contribution in [3.05, 3.63) is 53.1 Å². The second-order valence-corrected chi connectivity index (χ2v) is 8.89. The zero-order valence-electron chi connectivity index (χ0n) is 21.0. The number of aliphatic hydroxyl groups is 3. The van der Waals surface area contributed by atoms with E-state index in [0.717, 1.165) is 36.5 Å². The van der Waals surface area contributed by atoms with Gasteiger partial charge in [-0.15, -0.1) is 0 Å². The number of benzene rings is 2. The van der Waals surface area contributed by atoms with Gasteiger partial charge in [-0.3, -0.25) is 0 Å². The van der Waals surface area contributed by atoms with Crippen LogP contribution in [0.3, 0.4) is 0 Å². The number of carbonyl (C=O) groups is 1. The Morgan fingerprint density at radius 2 is 1.81 bits per heavy atom.